The molecule has 11 heteroatoms. The minimum Gasteiger partial charge on any atom is -0.434 e. The van der Waals surface area contributed by atoms with Gasteiger partial charge in [0.25, 0.3) is 0 Å². The summed E-state index contributed by atoms with van der Waals surface area (Å²) in [4.78, 5) is 6.53. The molecule has 1 aliphatic heterocycles. The molecule has 0 radical (unpaired) electrons. The summed E-state index contributed by atoms with van der Waals surface area (Å²) in [5, 5.41) is 11.2. The van der Waals surface area contributed by atoms with Crippen molar-refractivity contribution in [2.24, 2.45) is 12.0 Å². The van der Waals surface area contributed by atoms with Crippen LogP contribution in [-0.2, 0) is 13.6 Å². The standard InChI is InChI=1S/C19H25ClF2N6O.HI/c1-23-19(24-9-13-8-14(20)5-6-17(13)29-18(21)22)26-15-4-3-7-28(11-15)16-10-25-27(2)12-16;/h5-6,8,10,12,15,18H,3-4,7,9,11H2,1-2H3,(H2,23,24,26);1H. The number of aromatic nitrogens is 2. The van der Waals surface area contributed by atoms with Crippen LogP contribution in [0.3, 0.4) is 0 Å². The van der Waals surface area contributed by atoms with E-state index in [4.69, 9.17) is 11.6 Å². The zero-order valence-corrected chi connectivity index (χ0v) is 19.9. The molecule has 0 amide bonds. The highest BCUT2D eigenvalue weighted by atomic mass is 127. The zero-order valence-electron chi connectivity index (χ0n) is 16.8. The third kappa shape index (κ3) is 6.86. The molecule has 0 saturated carbocycles. The minimum absolute atomic E-state index is 0. The van der Waals surface area contributed by atoms with Crippen molar-refractivity contribution in [1.29, 1.82) is 0 Å². The average Bonchev–Trinajstić information content (AvgIpc) is 3.13. The number of hydrogen-bond acceptors (Lipinski definition) is 4. The van der Waals surface area contributed by atoms with Crippen LogP contribution in [0, 0.1) is 0 Å². The Morgan fingerprint density at radius 1 is 1.43 bits per heavy atom. The number of alkyl halides is 2. The Kier molecular flexibility index (Phi) is 9.40. The Morgan fingerprint density at radius 2 is 2.23 bits per heavy atom. The van der Waals surface area contributed by atoms with Gasteiger partial charge >= 0.3 is 6.61 Å². The van der Waals surface area contributed by atoms with Crippen molar-refractivity contribution in [2.75, 3.05) is 25.0 Å². The van der Waals surface area contributed by atoms with Gasteiger partial charge in [-0.05, 0) is 31.0 Å². The van der Waals surface area contributed by atoms with Crippen molar-refractivity contribution < 1.29 is 13.5 Å². The number of anilines is 1. The number of guanidine groups is 1. The fourth-order valence-corrected chi connectivity index (χ4v) is 3.56. The summed E-state index contributed by atoms with van der Waals surface area (Å²) < 4.78 is 31.6. The van der Waals surface area contributed by atoms with Crippen molar-refractivity contribution >= 4 is 47.2 Å². The predicted octanol–water partition coefficient (Wildman–Crippen LogP) is 3.63. The largest absolute Gasteiger partial charge is 0.434 e. The van der Waals surface area contributed by atoms with Crippen LogP contribution in [0.15, 0.2) is 35.6 Å². The first kappa shape index (κ1) is 24.4. The van der Waals surface area contributed by atoms with Gasteiger partial charge in [0.1, 0.15) is 5.75 Å². The van der Waals surface area contributed by atoms with Gasteiger partial charge in [0, 0.05) is 56.6 Å². The number of benzene rings is 1. The monoisotopic (exact) mass is 554 g/mol. The van der Waals surface area contributed by atoms with Crippen molar-refractivity contribution in [3.8, 4) is 5.75 Å². The molecule has 0 bridgehead atoms. The molecule has 1 aliphatic rings. The number of nitrogens with one attached hydrogen (secondary N) is 2. The maximum absolute atomic E-state index is 12.6. The van der Waals surface area contributed by atoms with Crippen LogP contribution in [0.1, 0.15) is 18.4 Å². The van der Waals surface area contributed by atoms with Crippen LogP contribution in [0.4, 0.5) is 14.5 Å². The van der Waals surface area contributed by atoms with Crippen LogP contribution in [0.2, 0.25) is 5.02 Å². The molecule has 1 aromatic heterocycles. The van der Waals surface area contributed by atoms with Gasteiger partial charge in [-0.25, -0.2) is 0 Å². The zero-order chi connectivity index (χ0) is 20.8. The lowest BCUT2D eigenvalue weighted by molar-refractivity contribution is -0.0504. The molecule has 1 fully saturated rings. The molecule has 166 valence electrons. The second kappa shape index (κ2) is 11.5. The van der Waals surface area contributed by atoms with Crippen molar-refractivity contribution in [1.82, 2.24) is 20.4 Å². The first-order chi connectivity index (χ1) is 13.9. The quantitative estimate of drug-likeness (QED) is 0.324. The van der Waals surface area contributed by atoms with Gasteiger partial charge in [-0.1, -0.05) is 11.6 Å². The van der Waals surface area contributed by atoms with E-state index in [1.807, 2.05) is 19.4 Å². The summed E-state index contributed by atoms with van der Waals surface area (Å²) in [5.41, 5.74) is 1.62. The highest BCUT2D eigenvalue weighted by Crippen LogP contribution is 2.24. The first-order valence-electron chi connectivity index (χ1n) is 9.38. The second-order valence-corrected chi connectivity index (χ2v) is 7.29. The fraction of sp³-hybridized carbons (Fsp3) is 0.474. The number of piperidine rings is 1. The topological polar surface area (TPSA) is 66.7 Å². The maximum Gasteiger partial charge on any atom is 0.387 e. The number of aryl methyl sites for hydroxylation is 1. The van der Waals surface area contributed by atoms with E-state index in [1.165, 1.54) is 12.1 Å². The van der Waals surface area contributed by atoms with Crippen LogP contribution in [0.5, 0.6) is 5.75 Å². The molecule has 2 N–H and O–H groups in total. The molecule has 0 spiro atoms. The summed E-state index contributed by atoms with van der Waals surface area (Å²) >= 11 is 6.01. The van der Waals surface area contributed by atoms with Gasteiger partial charge in [0.05, 0.1) is 11.9 Å². The van der Waals surface area contributed by atoms with Crippen LogP contribution >= 0.6 is 35.6 Å². The lowest BCUT2D eigenvalue weighted by Gasteiger charge is -2.34. The second-order valence-electron chi connectivity index (χ2n) is 6.86. The van der Waals surface area contributed by atoms with Gasteiger partial charge in [-0.2, -0.15) is 13.9 Å². The summed E-state index contributed by atoms with van der Waals surface area (Å²) in [6.07, 6.45) is 5.91. The Balaban J connectivity index is 0.00000320. The Bertz CT molecular complexity index is 850. The molecule has 2 aromatic rings. The number of aliphatic imine (C=N–C) groups is 1. The van der Waals surface area contributed by atoms with Gasteiger partial charge in [-0.15, -0.1) is 24.0 Å². The van der Waals surface area contributed by atoms with Gasteiger partial charge in [0.2, 0.25) is 0 Å². The minimum atomic E-state index is -2.90. The molecule has 1 aromatic carbocycles. The normalized spacial score (nSPS) is 16.9. The average molecular weight is 555 g/mol. The summed E-state index contributed by atoms with van der Waals surface area (Å²) in [5.74, 6) is 0.679. The lowest BCUT2D eigenvalue weighted by Crippen LogP contribution is -2.51. The third-order valence-electron chi connectivity index (χ3n) is 4.73. The molecule has 2 heterocycles. The molecule has 1 atom stereocenters. The Morgan fingerprint density at radius 3 is 2.90 bits per heavy atom. The molecule has 30 heavy (non-hydrogen) atoms. The predicted molar refractivity (Wildman–Crippen MR) is 125 cm³/mol. The van der Waals surface area contributed by atoms with Gasteiger partial charge in [0.15, 0.2) is 5.96 Å². The summed E-state index contributed by atoms with van der Waals surface area (Å²) in [7, 11) is 3.57. The molecular weight excluding hydrogens is 529 g/mol. The smallest absolute Gasteiger partial charge is 0.387 e. The number of halogens is 4. The van der Waals surface area contributed by atoms with E-state index in [2.05, 4.69) is 30.4 Å². The maximum atomic E-state index is 12.6. The lowest BCUT2D eigenvalue weighted by atomic mass is 10.1. The number of nitrogens with zero attached hydrogens (tertiary/aromatic N) is 4. The number of hydrogen-bond donors (Lipinski definition) is 2. The highest BCUT2D eigenvalue weighted by molar-refractivity contribution is 14.0. The van der Waals surface area contributed by atoms with E-state index < -0.39 is 6.61 Å². The number of rotatable bonds is 6. The Hall–Kier alpha value is -1.82. The van der Waals surface area contributed by atoms with Crippen molar-refractivity contribution in [3.63, 3.8) is 0 Å². The van der Waals surface area contributed by atoms with E-state index in [1.54, 1.807) is 17.8 Å². The van der Waals surface area contributed by atoms with E-state index in [-0.39, 0.29) is 42.3 Å². The van der Waals surface area contributed by atoms with Gasteiger partial charge in [-0.3, -0.25) is 9.67 Å². The summed E-state index contributed by atoms with van der Waals surface area (Å²) in [6.45, 7) is -0.842. The molecular formula is C19H26ClF2IN6O. The fourth-order valence-electron chi connectivity index (χ4n) is 3.37. The van der Waals surface area contributed by atoms with E-state index in [0.717, 1.165) is 31.6 Å². The van der Waals surface area contributed by atoms with E-state index in [0.29, 0.717) is 16.5 Å². The van der Waals surface area contributed by atoms with Gasteiger partial charge < -0.3 is 20.3 Å². The van der Waals surface area contributed by atoms with Crippen LogP contribution in [0.25, 0.3) is 0 Å². The number of ether oxygens (including phenoxy) is 1. The van der Waals surface area contributed by atoms with Crippen LogP contribution in [-0.4, -0.2) is 48.5 Å². The van der Waals surface area contributed by atoms with Crippen molar-refractivity contribution in [2.45, 2.75) is 32.0 Å². The SMILES string of the molecule is CN=C(NCc1cc(Cl)ccc1OC(F)F)NC1CCCN(c2cnn(C)c2)C1.I. The molecule has 0 aliphatic carbocycles. The third-order valence-corrected chi connectivity index (χ3v) is 4.96. The van der Waals surface area contributed by atoms with E-state index in [9.17, 15) is 8.78 Å². The van der Waals surface area contributed by atoms with Crippen molar-refractivity contribution in [3.05, 3.63) is 41.2 Å². The molecule has 3 rings (SSSR count). The van der Waals surface area contributed by atoms with Crippen LogP contribution < -0.4 is 20.3 Å². The highest BCUT2D eigenvalue weighted by Gasteiger charge is 2.22. The van der Waals surface area contributed by atoms with E-state index >= 15 is 0 Å². The summed E-state index contributed by atoms with van der Waals surface area (Å²) in [6, 6.07) is 4.76. The Labute approximate surface area is 196 Å². The molecule has 1 unspecified atom stereocenters. The molecule has 1 saturated heterocycles. The molecule has 7 nitrogen and oxygen atoms in total. The first-order valence-corrected chi connectivity index (χ1v) is 9.76.